The number of aliphatic hydroxyl groups excluding tert-OH is 1. The number of carbonyl (C=O) groups excluding carboxylic acids is 1. The molecule has 1 amide bonds. The molecule has 1 N–H and O–H groups in total. The Morgan fingerprint density at radius 2 is 1.92 bits per heavy atom. The minimum absolute atomic E-state index is 0.0596. The Labute approximate surface area is 145 Å². The largest absolute Gasteiger partial charge is 0.394 e. The Morgan fingerprint density at radius 3 is 2.54 bits per heavy atom. The van der Waals surface area contributed by atoms with E-state index in [1.807, 2.05) is 20.0 Å². The van der Waals surface area contributed by atoms with E-state index < -0.39 is 0 Å². The van der Waals surface area contributed by atoms with E-state index in [2.05, 4.69) is 14.5 Å². The van der Waals surface area contributed by atoms with Crippen LogP contribution in [0.4, 0.5) is 0 Å². The van der Waals surface area contributed by atoms with Gasteiger partial charge in [0, 0.05) is 36.8 Å². The molecule has 2 heterocycles. The van der Waals surface area contributed by atoms with Crippen molar-refractivity contribution in [3.05, 3.63) is 17.7 Å². The number of piperidine rings is 1. The molecule has 1 aromatic rings. The minimum atomic E-state index is 0.0596. The van der Waals surface area contributed by atoms with Crippen molar-refractivity contribution < 1.29 is 9.90 Å². The highest BCUT2D eigenvalue weighted by molar-refractivity contribution is 5.79. The van der Waals surface area contributed by atoms with E-state index in [1.165, 1.54) is 19.3 Å². The summed E-state index contributed by atoms with van der Waals surface area (Å²) in [6, 6.07) is 0.0596. The molecule has 1 saturated heterocycles. The maximum absolute atomic E-state index is 12.7. The number of imidazole rings is 1. The number of aromatic nitrogens is 2. The molecule has 5 heteroatoms. The summed E-state index contributed by atoms with van der Waals surface area (Å²) in [5, 5.41) is 9.51. The molecule has 1 atom stereocenters. The number of aryl methyl sites for hydroxylation is 1. The van der Waals surface area contributed by atoms with Gasteiger partial charge in [-0.25, -0.2) is 4.98 Å². The van der Waals surface area contributed by atoms with Crippen LogP contribution in [0.2, 0.25) is 0 Å². The molecule has 0 aromatic carbocycles. The molecule has 0 bridgehead atoms. The van der Waals surface area contributed by atoms with Gasteiger partial charge in [-0.2, -0.15) is 0 Å². The zero-order valence-electron chi connectivity index (χ0n) is 15.1. The zero-order valence-corrected chi connectivity index (χ0v) is 15.1. The molecule has 1 saturated carbocycles. The van der Waals surface area contributed by atoms with Crippen LogP contribution in [0.3, 0.4) is 0 Å². The van der Waals surface area contributed by atoms with Crippen molar-refractivity contribution in [3.8, 4) is 0 Å². The lowest BCUT2D eigenvalue weighted by Crippen LogP contribution is -2.42. The van der Waals surface area contributed by atoms with Gasteiger partial charge in [0.25, 0.3) is 0 Å². The third kappa shape index (κ3) is 3.51. The van der Waals surface area contributed by atoms with E-state index in [4.69, 9.17) is 0 Å². The van der Waals surface area contributed by atoms with E-state index in [-0.39, 0.29) is 18.6 Å². The molecule has 134 valence electrons. The maximum atomic E-state index is 12.7. The fourth-order valence-corrected chi connectivity index (χ4v) is 4.39. The number of carbonyl (C=O) groups is 1. The van der Waals surface area contributed by atoms with Gasteiger partial charge in [0.05, 0.1) is 12.6 Å². The summed E-state index contributed by atoms with van der Waals surface area (Å²) in [6.07, 6.45) is 9.73. The first-order valence-electron chi connectivity index (χ1n) is 9.55. The third-order valence-corrected chi connectivity index (χ3v) is 5.84. The first-order valence-corrected chi connectivity index (χ1v) is 9.55. The maximum Gasteiger partial charge on any atom is 0.225 e. The van der Waals surface area contributed by atoms with Crippen LogP contribution in [0.5, 0.6) is 0 Å². The fourth-order valence-electron chi connectivity index (χ4n) is 4.39. The van der Waals surface area contributed by atoms with Crippen LogP contribution in [0.1, 0.15) is 75.3 Å². The minimum Gasteiger partial charge on any atom is -0.394 e. The summed E-state index contributed by atoms with van der Waals surface area (Å²) in [4.78, 5) is 19.4. The lowest BCUT2D eigenvalue weighted by Gasteiger charge is -2.35. The first-order chi connectivity index (χ1) is 11.6. The summed E-state index contributed by atoms with van der Waals surface area (Å²) in [6.45, 7) is 5.90. The summed E-state index contributed by atoms with van der Waals surface area (Å²) in [7, 11) is 0. The van der Waals surface area contributed by atoms with E-state index in [0.717, 1.165) is 50.3 Å². The standard InChI is InChI=1S/C19H31N3O2/c1-14-12-20-18(22(14)15(2)13-23)16-8-10-21(11-9-16)19(24)17-6-4-3-5-7-17/h12,15-17,23H,3-11,13H2,1-2H3/t15-/m1/s1. The summed E-state index contributed by atoms with van der Waals surface area (Å²) >= 11 is 0. The van der Waals surface area contributed by atoms with Crippen molar-refractivity contribution >= 4 is 5.91 Å². The number of nitrogens with zero attached hydrogens (tertiary/aromatic N) is 3. The van der Waals surface area contributed by atoms with Crippen molar-refractivity contribution in [1.29, 1.82) is 0 Å². The average Bonchev–Trinajstić information content (AvgIpc) is 3.03. The number of likely N-dealkylation sites (tertiary alicyclic amines) is 1. The predicted octanol–water partition coefficient (Wildman–Crippen LogP) is 3.03. The molecule has 1 aliphatic carbocycles. The van der Waals surface area contributed by atoms with Crippen LogP contribution >= 0.6 is 0 Å². The highest BCUT2D eigenvalue weighted by Crippen LogP contribution is 2.32. The van der Waals surface area contributed by atoms with E-state index >= 15 is 0 Å². The van der Waals surface area contributed by atoms with Gasteiger partial charge in [-0.05, 0) is 39.5 Å². The number of hydrogen-bond acceptors (Lipinski definition) is 3. The van der Waals surface area contributed by atoms with Gasteiger partial charge < -0.3 is 14.6 Å². The second-order valence-electron chi connectivity index (χ2n) is 7.59. The number of hydrogen-bond donors (Lipinski definition) is 1. The fraction of sp³-hybridized carbons (Fsp3) is 0.789. The second-order valence-corrected chi connectivity index (χ2v) is 7.59. The van der Waals surface area contributed by atoms with Crippen molar-refractivity contribution in [2.75, 3.05) is 19.7 Å². The van der Waals surface area contributed by atoms with Gasteiger partial charge >= 0.3 is 0 Å². The Bertz CT molecular complexity index is 555. The Hall–Kier alpha value is -1.36. The van der Waals surface area contributed by atoms with Crippen LogP contribution in [0.25, 0.3) is 0 Å². The molecule has 0 spiro atoms. The molecule has 2 aliphatic rings. The first kappa shape index (κ1) is 17.5. The van der Waals surface area contributed by atoms with Crippen molar-refractivity contribution in [2.24, 2.45) is 5.92 Å². The second kappa shape index (κ2) is 7.68. The molecule has 0 unspecified atom stereocenters. The van der Waals surface area contributed by atoms with Gasteiger partial charge in [-0.3, -0.25) is 4.79 Å². The molecule has 1 aliphatic heterocycles. The monoisotopic (exact) mass is 333 g/mol. The predicted molar refractivity (Wildman–Crippen MR) is 93.9 cm³/mol. The molecular formula is C19H31N3O2. The van der Waals surface area contributed by atoms with E-state index in [0.29, 0.717) is 11.8 Å². The Morgan fingerprint density at radius 1 is 1.25 bits per heavy atom. The Kier molecular flexibility index (Phi) is 5.59. The highest BCUT2D eigenvalue weighted by Gasteiger charge is 2.31. The molecule has 0 radical (unpaired) electrons. The lowest BCUT2D eigenvalue weighted by molar-refractivity contribution is -0.137. The van der Waals surface area contributed by atoms with Crippen LogP contribution in [0.15, 0.2) is 6.20 Å². The number of rotatable bonds is 4. The van der Waals surface area contributed by atoms with Gasteiger partial charge in [-0.1, -0.05) is 19.3 Å². The zero-order chi connectivity index (χ0) is 17.1. The van der Waals surface area contributed by atoms with Crippen LogP contribution in [-0.2, 0) is 4.79 Å². The van der Waals surface area contributed by atoms with Gasteiger partial charge in [-0.15, -0.1) is 0 Å². The molecule has 24 heavy (non-hydrogen) atoms. The van der Waals surface area contributed by atoms with Crippen molar-refractivity contribution in [3.63, 3.8) is 0 Å². The summed E-state index contributed by atoms with van der Waals surface area (Å²) in [5.74, 6) is 2.13. The molecule has 5 nitrogen and oxygen atoms in total. The normalized spacial score (nSPS) is 21.9. The van der Waals surface area contributed by atoms with E-state index in [1.54, 1.807) is 0 Å². The lowest BCUT2D eigenvalue weighted by atomic mass is 9.87. The van der Waals surface area contributed by atoms with Crippen molar-refractivity contribution in [2.45, 2.75) is 70.8 Å². The highest BCUT2D eigenvalue weighted by atomic mass is 16.3. The van der Waals surface area contributed by atoms with Crippen LogP contribution in [-0.4, -0.2) is 45.2 Å². The van der Waals surface area contributed by atoms with Gasteiger partial charge in [0.2, 0.25) is 5.91 Å². The van der Waals surface area contributed by atoms with Gasteiger partial charge in [0.1, 0.15) is 5.82 Å². The topological polar surface area (TPSA) is 58.4 Å². The summed E-state index contributed by atoms with van der Waals surface area (Å²) < 4.78 is 2.17. The van der Waals surface area contributed by atoms with E-state index in [9.17, 15) is 9.90 Å². The number of aliphatic hydroxyl groups is 1. The molecule has 3 rings (SSSR count). The average molecular weight is 333 g/mol. The molecule has 1 aromatic heterocycles. The quantitative estimate of drug-likeness (QED) is 0.921. The van der Waals surface area contributed by atoms with Gasteiger partial charge in [0.15, 0.2) is 0 Å². The third-order valence-electron chi connectivity index (χ3n) is 5.84. The van der Waals surface area contributed by atoms with Crippen LogP contribution < -0.4 is 0 Å². The molecular weight excluding hydrogens is 302 g/mol. The SMILES string of the molecule is Cc1cnc(C2CCN(C(=O)C3CCCCC3)CC2)n1[C@H](C)CO. The smallest absolute Gasteiger partial charge is 0.225 e. The summed E-state index contributed by atoms with van der Waals surface area (Å²) in [5.41, 5.74) is 1.10. The molecule has 2 fully saturated rings. The number of amides is 1. The Balaban J connectivity index is 1.62. The van der Waals surface area contributed by atoms with Crippen molar-refractivity contribution in [1.82, 2.24) is 14.5 Å². The van der Waals surface area contributed by atoms with Crippen LogP contribution in [0, 0.1) is 12.8 Å².